The predicted molar refractivity (Wildman–Crippen MR) is 139 cm³/mol. The maximum atomic E-state index is 4.33. The lowest BCUT2D eigenvalue weighted by atomic mass is 9.81. The average molecular weight is 421 g/mol. The van der Waals surface area contributed by atoms with Crippen LogP contribution in [0.25, 0.3) is 17.2 Å². The van der Waals surface area contributed by atoms with E-state index in [1.807, 2.05) is 0 Å². The van der Waals surface area contributed by atoms with Crippen molar-refractivity contribution in [3.8, 4) is 11.1 Å². The van der Waals surface area contributed by atoms with Crippen molar-refractivity contribution in [2.45, 2.75) is 71.1 Å². The van der Waals surface area contributed by atoms with E-state index in [0.717, 1.165) is 25.2 Å². The van der Waals surface area contributed by atoms with Crippen molar-refractivity contribution in [2.24, 2.45) is 5.92 Å². The first-order valence-corrected chi connectivity index (χ1v) is 12.6. The number of hydrogen-bond donors (Lipinski definition) is 0. The van der Waals surface area contributed by atoms with Crippen molar-refractivity contribution >= 4 is 6.08 Å². The molecule has 3 aliphatic rings. The molecule has 0 aromatic heterocycles. The molecule has 32 heavy (non-hydrogen) atoms. The fourth-order valence-electron chi connectivity index (χ4n) is 5.73. The van der Waals surface area contributed by atoms with E-state index in [1.165, 1.54) is 76.6 Å². The predicted octanol–water partition coefficient (Wildman–Crippen LogP) is 8.98. The Bertz CT molecular complexity index is 1110. The maximum Gasteiger partial charge on any atom is -0.00284 e. The van der Waals surface area contributed by atoms with Crippen LogP contribution in [0.3, 0.4) is 0 Å². The molecular formula is C32H36. The second-order valence-electron chi connectivity index (χ2n) is 10.3. The lowest BCUT2D eigenvalue weighted by Gasteiger charge is -2.24. The smallest absolute Gasteiger partial charge is 0.00284 e. The quantitative estimate of drug-likeness (QED) is 0.437. The standard InChI is InChI=1S/C32H36/c1-22(2)23(3)28-16-15-24(18-28)17-25-19-29(26-9-5-4-6-10-26)21-30(20-25)32-14-8-12-27-11-7-13-31(27)32/h7-8,12-15,18-22,26H,3-6,9-11,16-17H2,1-2H3. The fourth-order valence-corrected chi connectivity index (χ4v) is 5.73. The highest BCUT2D eigenvalue weighted by Crippen LogP contribution is 2.38. The van der Waals surface area contributed by atoms with Crippen LogP contribution in [0, 0.1) is 5.92 Å². The Morgan fingerprint density at radius 1 is 1.03 bits per heavy atom. The first-order chi connectivity index (χ1) is 15.6. The van der Waals surface area contributed by atoms with Crippen molar-refractivity contribution in [2.75, 3.05) is 0 Å². The third-order valence-corrected chi connectivity index (χ3v) is 7.68. The molecule has 0 aliphatic heterocycles. The first-order valence-electron chi connectivity index (χ1n) is 12.6. The van der Waals surface area contributed by atoms with Gasteiger partial charge in [-0.1, -0.05) is 100 Å². The molecule has 0 heterocycles. The van der Waals surface area contributed by atoms with Crippen molar-refractivity contribution in [3.05, 3.63) is 100 Å². The normalized spacial score (nSPS) is 18.1. The topological polar surface area (TPSA) is 0 Å². The number of rotatable bonds is 6. The molecule has 0 bridgehead atoms. The molecule has 0 radical (unpaired) electrons. The number of fused-ring (bicyclic) bond motifs is 1. The van der Waals surface area contributed by atoms with Crippen molar-refractivity contribution in [3.63, 3.8) is 0 Å². The molecule has 0 N–H and O–H groups in total. The van der Waals surface area contributed by atoms with Gasteiger partial charge in [0.05, 0.1) is 0 Å². The molecule has 2 aromatic carbocycles. The van der Waals surface area contributed by atoms with E-state index in [1.54, 1.807) is 5.56 Å². The summed E-state index contributed by atoms with van der Waals surface area (Å²) in [6, 6.07) is 14.3. The van der Waals surface area contributed by atoms with Crippen LogP contribution >= 0.6 is 0 Å². The van der Waals surface area contributed by atoms with Gasteiger partial charge in [-0.3, -0.25) is 0 Å². The van der Waals surface area contributed by atoms with E-state index in [9.17, 15) is 0 Å². The molecular weight excluding hydrogens is 384 g/mol. The SMILES string of the molecule is C=C(C1=CC(Cc2cc(-c3cccc4c3C=CC4)cc(C3CCCCC3)c2)=CC1)C(C)C. The van der Waals surface area contributed by atoms with Crippen molar-refractivity contribution in [1.82, 2.24) is 0 Å². The molecule has 0 amide bonds. The van der Waals surface area contributed by atoms with Crippen molar-refractivity contribution in [1.29, 1.82) is 0 Å². The fraction of sp³-hybridized carbons (Fsp3) is 0.375. The first kappa shape index (κ1) is 21.3. The Hall–Kier alpha value is -2.60. The molecule has 5 rings (SSSR count). The third-order valence-electron chi connectivity index (χ3n) is 7.68. The van der Waals surface area contributed by atoms with E-state index in [2.05, 4.69) is 81.1 Å². The van der Waals surface area contributed by atoms with Crippen LogP contribution in [-0.2, 0) is 12.8 Å². The van der Waals surface area contributed by atoms with Crippen LogP contribution in [0.1, 0.15) is 80.5 Å². The minimum atomic E-state index is 0.517. The summed E-state index contributed by atoms with van der Waals surface area (Å²) >= 11 is 0. The second kappa shape index (κ2) is 9.10. The van der Waals surface area contributed by atoms with Crippen LogP contribution in [0.2, 0.25) is 0 Å². The molecule has 0 atom stereocenters. The number of hydrogen-bond acceptors (Lipinski definition) is 0. The lowest BCUT2D eigenvalue weighted by molar-refractivity contribution is 0.443. The van der Waals surface area contributed by atoms with E-state index >= 15 is 0 Å². The van der Waals surface area contributed by atoms with Crippen molar-refractivity contribution < 1.29 is 0 Å². The van der Waals surface area contributed by atoms with Gasteiger partial charge in [0.25, 0.3) is 0 Å². The molecule has 0 unspecified atom stereocenters. The molecule has 2 aromatic rings. The Morgan fingerprint density at radius 3 is 2.69 bits per heavy atom. The van der Waals surface area contributed by atoms with Crippen LogP contribution in [0.15, 0.2) is 77.9 Å². The molecule has 1 saturated carbocycles. The van der Waals surface area contributed by atoms with Crippen LogP contribution in [-0.4, -0.2) is 0 Å². The summed E-state index contributed by atoms with van der Waals surface area (Å²) in [6.07, 6.45) is 19.4. The minimum Gasteiger partial charge on any atom is -0.0953 e. The molecule has 1 fully saturated rings. The zero-order valence-corrected chi connectivity index (χ0v) is 19.8. The Morgan fingerprint density at radius 2 is 1.88 bits per heavy atom. The minimum absolute atomic E-state index is 0.517. The van der Waals surface area contributed by atoms with Crippen LogP contribution in [0.4, 0.5) is 0 Å². The van der Waals surface area contributed by atoms with Crippen LogP contribution in [0.5, 0.6) is 0 Å². The third kappa shape index (κ3) is 4.33. The molecule has 3 aliphatic carbocycles. The zero-order chi connectivity index (χ0) is 22.1. The summed E-state index contributed by atoms with van der Waals surface area (Å²) in [5.74, 6) is 1.24. The zero-order valence-electron chi connectivity index (χ0n) is 19.8. The highest BCUT2D eigenvalue weighted by molar-refractivity contribution is 5.80. The summed E-state index contributed by atoms with van der Waals surface area (Å²) < 4.78 is 0. The maximum absolute atomic E-state index is 4.33. The highest BCUT2D eigenvalue weighted by Gasteiger charge is 2.19. The largest absolute Gasteiger partial charge is 0.0953 e. The average Bonchev–Trinajstić information content (AvgIpc) is 3.48. The highest BCUT2D eigenvalue weighted by atomic mass is 14.2. The van der Waals surface area contributed by atoms with Gasteiger partial charge in [-0.05, 0) is 94.0 Å². The second-order valence-corrected chi connectivity index (χ2v) is 10.3. The van der Waals surface area contributed by atoms with Crippen LogP contribution < -0.4 is 0 Å². The summed E-state index contributed by atoms with van der Waals surface area (Å²) in [5, 5.41) is 0. The van der Waals surface area contributed by atoms with Gasteiger partial charge in [0.1, 0.15) is 0 Å². The Labute approximate surface area is 194 Å². The Kier molecular flexibility index (Phi) is 6.05. The van der Waals surface area contributed by atoms with E-state index < -0.39 is 0 Å². The van der Waals surface area contributed by atoms with E-state index in [-0.39, 0.29) is 0 Å². The van der Waals surface area contributed by atoms with Gasteiger partial charge in [-0.2, -0.15) is 0 Å². The molecule has 0 nitrogen and oxygen atoms in total. The summed E-state index contributed by atoms with van der Waals surface area (Å²) in [7, 11) is 0. The van der Waals surface area contributed by atoms with Gasteiger partial charge in [0.15, 0.2) is 0 Å². The lowest BCUT2D eigenvalue weighted by Crippen LogP contribution is -2.06. The van der Waals surface area contributed by atoms with Gasteiger partial charge in [0.2, 0.25) is 0 Å². The number of allylic oxidation sites excluding steroid dienone is 6. The monoisotopic (exact) mass is 420 g/mol. The van der Waals surface area contributed by atoms with E-state index in [0.29, 0.717) is 5.92 Å². The Balaban J connectivity index is 1.50. The van der Waals surface area contributed by atoms with Gasteiger partial charge < -0.3 is 0 Å². The van der Waals surface area contributed by atoms with E-state index in [4.69, 9.17) is 0 Å². The van der Waals surface area contributed by atoms with Gasteiger partial charge >= 0.3 is 0 Å². The van der Waals surface area contributed by atoms with Gasteiger partial charge in [-0.15, -0.1) is 0 Å². The number of benzene rings is 2. The molecule has 0 saturated heterocycles. The van der Waals surface area contributed by atoms with Gasteiger partial charge in [0, 0.05) is 0 Å². The molecule has 0 spiro atoms. The van der Waals surface area contributed by atoms with Gasteiger partial charge in [-0.25, -0.2) is 0 Å². The molecule has 0 heteroatoms. The summed E-state index contributed by atoms with van der Waals surface area (Å²) in [5.41, 5.74) is 12.9. The summed E-state index contributed by atoms with van der Waals surface area (Å²) in [4.78, 5) is 0. The molecule has 164 valence electrons. The summed E-state index contributed by atoms with van der Waals surface area (Å²) in [6.45, 7) is 8.82.